The molecule has 10 heteroatoms. The number of anilines is 1. The van der Waals surface area contributed by atoms with Crippen LogP contribution < -0.4 is 10.2 Å². The number of aromatic nitrogens is 4. The van der Waals surface area contributed by atoms with Gasteiger partial charge in [0.05, 0.1) is 19.4 Å². The Bertz CT molecular complexity index is 1440. The molecule has 38 heavy (non-hydrogen) atoms. The summed E-state index contributed by atoms with van der Waals surface area (Å²) in [7, 11) is 2.12. The molecule has 1 N–H and O–H groups in total. The topological polar surface area (TPSA) is 102 Å². The molecule has 5 heterocycles. The van der Waals surface area contributed by atoms with Crippen LogP contribution in [0.4, 0.5) is 5.82 Å². The van der Waals surface area contributed by atoms with Gasteiger partial charge in [-0.3, -0.25) is 4.79 Å². The second-order valence-corrected chi connectivity index (χ2v) is 10.2. The highest BCUT2D eigenvalue weighted by molar-refractivity contribution is 5.97. The molecular weight excluding hydrogens is 482 g/mol. The summed E-state index contributed by atoms with van der Waals surface area (Å²) in [6.45, 7) is 6.65. The van der Waals surface area contributed by atoms with Gasteiger partial charge in [0.1, 0.15) is 5.52 Å². The van der Waals surface area contributed by atoms with Gasteiger partial charge in [-0.1, -0.05) is 29.8 Å². The van der Waals surface area contributed by atoms with Crippen molar-refractivity contribution in [1.29, 1.82) is 0 Å². The van der Waals surface area contributed by atoms with Gasteiger partial charge in [-0.15, -0.1) is 0 Å². The van der Waals surface area contributed by atoms with E-state index in [4.69, 9.17) is 19.1 Å². The third-order valence-corrected chi connectivity index (χ3v) is 7.30. The number of nitrogens with one attached hydrogen (secondary N) is 1. The van der Waals surface area contributed by atoms with Crippen LogP contribution in [0.1, 0.15) is 35.4 Å². The fraction of sp³-hybridized carbons (Fsp3) is 0.429. The van der Waals surface area contributed by atoms with Crippen molar-refractivity contribution in [3.63, 3.8) is 0 Å². The lowest BCUT2D eigenvalue weighted by Crippen LogP contribution is -2.37. The third-order valence-electron chi connectivity index (χ3n) is 7.30. The van der Waals surface area contributed by atoms with Gasteiger partial charge in [-0.25, -0.2) is 9.67 Å². The fourth-order valence-corrected chi connectivity index (χ4v) is 5.15. The molecule has 10 nitrogen and oxygen atoms in total. The van der Waals surface area contributed by atoms with Crippen molar-refractivity contribution >= 4 is 22.8 Å². The van der Waals surface area contributed by atoms with E-state index in [0.717, 1.165) is 43.5 Å². The molecule has 2 aliphatic heterocycles. The van der Waals surface area contributed by atoms with Gasteiger partial charge in [0.15, 0.2) is 17.2 Å². The Hall–Kier alpha value is -3.76. The number of carbonyl (C=O) groups is 1. The summed E-state index contributed by atoms with van der Waals surface area (Å²) in [6, 6.07) is 10.1. The van der Waals surface area contributed by atoms with Crippen LogP contribution in [0.15, 0.2) is 47.1 Å². The first-order valence-corrected chi connectivity index (χ1v) is 13.3. The van der Waals surface area contributed by atoms with Gasteiger partial charge in [-0.2, -0.15) is 10.1 Å². The standard InChI is InChI=1S/C28H33N7O3/c1-19-5-3-6-20(15-19)21-17-29-35(18-21)28-31-23-16-24(27(36)30-22-7-4-9-33(2)10-8-22)38-25(23)26(32-28)34-11-13-37-14-12-34/h3,5-6,15-18,22H,4,7-14H2,1-2H3,(H,30,36). The number of furan rings is 1. The molecule has 0 aliphatic carbocycles. The minimum atomic E-state index is -0.215. The number of hydrogen-bond donors (Lipinski definition) is 1. The highest BCUT2D eigenvalue weighted by Gasteiger charge is 2.25. The summed E-state index contributed by atoms with van der Waals surface area (Å²) >= 11 is 0. The van der Waals surface area contributed by atoms with Crippen molar-refractivity contribution in [2.75, 3.05) is 51.3 Å². The predicted molar refractivity (Wildman–Crippen MR) is 145 cm³/mol. The Kier molecular flexibility index (Phi) is 6.82. The first kappa shape index (κ1) is 24.6. The van der Waals surface area contributed by atoms with Crippen molar-refractivity contribution in [2.24, 2.45) is 0 Å². The van der Waals surface area contributed by atoms with Crippen LogP contribution in [0.5, 0.6) is 0 Å². The number of morpholine rings is 1. The lowest BCUT2D eigenvalue weighted by molar-refractivity contribution is 0.0907. The smallest absolute Gasteiger partial charge is 0.287 e. The number of ether oxygens (including phenoxy) is 1. The van der Waals surface area contributed by atoms with E-state index in [1.165, 1.54) is 5.56 Å². The molecule has 1 atom stereocenters. The molecule has 2 aliphatic rings. The van der Waals surface area contributed by atoms with Crippen LogP contribution >= 0.6 is 0 Å². The molecule has 1 amide bonds. The Balaban J connectivity index is 1.34. The zero-order chi connectivity index (χ0) is 26.1. The van der Waals surface area contributed by atoms with Crippen molar-refractivity contribution in [3.8, 4) is 17.1 Å². The summed E-state index contributed by atoms with van der Waals surface area (Å²) in [5.74, 6) is 1.11. The van der Waals surface area contributed by atoms with E-state index in [9.17, 15) is 4.79 Å². The number of benzene rings is 1. The maximum absolute atomic E-state index is 13.2. The first-order valence-electron chi connectivity index (χ1n) is 13.3. The van der Waals surface area contributed by atoms with E-state index < -0.39 is 0 Å². The van der Waals surface area contributed by atoms with Gasteiger partial charge in [0.25, 0.3) is 11.9 Å². The number of aryl methyl sites for hydroxylation is 1. The quantitative estimate of drug-likeness (QED) is 0.431. The number of likely N-dealkylation sites (tertiary alicyclic amines) is 1. The van der Waals surface area contributed by atoms with Gasteiger partial charge in [-0.05, 0) is 51.9 Å². The van der Waals surface area contributed by atoms with Crippen LogP contribution in [-0.2, 0) is 4.74 Å². The summed E-state index contributed by atoms with van der Waals surface area (Å²) in [5, 5.41) is 7.72. The minimum Gasteiger partial charge on any atom is -0.445 e. The largest absolute Gasteiger partial charge is 0.445 e. The Morgan fingerprint density at radius 3 is 2.76 bits per heavy atom. The number of fused-ring (bicyclic) bond motifs is 1. The van der Waals surface area contributed by atoms with Gasteiger partial charge in [0, 0.05) is 37.0 Å². The van der Waals surface area contributed by atoms with Crippen LogP contribution in [-0.4, -0.2) is 83.0 Å². The maximum atomic E-state index is 13.2. The summed E-state index contributed by atoms with van der Waals surface area (Å²) in [5.41, 5.74) is 4.33. The molecule has 0 saturated carbocycles. The van der Waals surface area contributed by atoms with Crippen LogP contribution in [0, 0.1) is 6.92 Å². The fourth-order valence-electron chi connectivity index (χ4n) is 5.15. The second kappa shape index (κ2) is 10.5. The lowest BCUT2D eigenvalue weighted by atomic mass is 10.1. The molecular formula is C28H33N7O3. The number of rotatable bonds is 5. The number of nitrogens with zero attached hydrogens (tertiary/aromatic N) is 6. The number of amides is 1. The van der Waals surface area contributed by atoms with Crippen LogP contribution in [0.25, 0.3) is 28.2 Å². The van der Waals surface area contributed by atoms with Crippen molar-refractivity contribution < 1.29 is 13.9 Å². The summed E-state index contributed by atoms with van der Waals surface area (Å²) in [4.78, 5) is 27.2. The average Bonchev–Trinajstić information content (AvgIpc) is 3.55. The molecule has 0 spiro atoms. The molecule has 198 valence electrons. The molecule has 3 aromatic heterocycles. The SMILES string of the molecule is Cc1cccc(-c2cnn(-c3nc(N4CCOCC4)c4oc(C(=O)NC5CCCN(C)CC5)cc4n3)c2)c1. The Morgan fingerprint density at radius 2 is 1.92 bits per heavy atom. The lowest BCUT2D eigenvalue weighted by Gasteiger charge is -2.27. The molecule has 4 aromatic rings. The Labute approximate surface area is 221 Å². The zero-order valence-corrected chi connectivity index (χ0v) is 21.9. The average molecular weight is 516 g/mol. The van der Waals surface area contributed by atoms with E-state index in [-0.39, 0.29) is 17.7 Å². The van der Waals surface area contributed by atoms with Gasteiger partial charge >= 0.3 is 0 Å². The molecule has 2 fully saturated rings. The van der Waals surface area contributed by atoms with E-state index in [1.54, 1.807) is 10.7 Å². The second-order valence-electron chi connectivity index (χ2n) is 10.2. The number of carbonyl (C=O) groups excluding carboxylic acids is 1. The van der Waals surface area contributed by atoms with Crippen molar-refractivity contribution in [3.05, 3.63) is 54.0 Å². The predicted octanol–water partition coefficient (Wildman–Crippen LogP) is 3.43. The van der Waals surface area contributed by atoms with E-state index >= 15 is 0 Å². The third kappa shape index (κ3) is 5.14. The van der Waals surface area contributed by atoms with Crippen LogP contribution in [0.2, 0.25) is 0 Å². The highest BCUT2D eigenvalue weighted by Crippen LogP contribution is 2.29. The van der Waals surface area contributed by atoms with E-state index in [2.05, 4.69) is 52.4 Å². The summed E-state index contributed by atoms with van der Waals surface area (Å²) < 4.78 is 13.4. The summed E-state index contributed by atoms with van der Waals surface area (Å²) in [6.07, 6.45) is 6.69. The maximum Gasteiger partial charge on any atom is 0.287 e. The zero-order valence-electron chi connectivity index (χ0n) is 21.9. The molecule has 0 radical (unpaired) electrons. The molecule has 1 aromatic carbocycles. The Morgan fingerprint density at radius 1 is 1.05 bits per heavy atom. The van der Waals surface area contributed by atoms with Gasteiger partial charge in [0.2, 0.25) is 0 Å². The first-order chi connectivity index (χ1) is 18.5. The molecule has 0 bridgehead atoms. The highest BCUT2D eigenvalue weighted by atomic mass is 16.5. The monoisotopic (exact) mass is 515 g/mol. The minimum absolute atomic E-state index is 0.130. The van der Waals surface area contributed by atoms with E-state index in [1.807, 2.05) is 18.5 Å². The van der Waals surface area contributed by atoms with Crippen molar-refractivity contribution in [1.82, 2.24) is 30.0 Å². The normalized spacial score (nSPS) is 19.0. The molecule has 1 unspecified atom stereocenters. The molecule has 6 rings (SSSR count). The van der Waals surface area contributed by atoms with Gasteiger partial charge < -0.3 is 24.3 Å². The molecule has 2 saturated heterocycles. The number of hydrogen-bond acceptors (Lipinski definition) is 8. The van der Waals surface area contributed by atoms with E-state index in [0.29, 0.717) is 49.2 Å². The van der Waals surface area contributed by atoms with Crippen molar-refractivity contribution in [2.45, 2.75) is 32.2 Å². The van der Waals surface area contributed by atoms with Crippen LogP contribution in [0.3, 0.4) is 0 Å².